The molecule has 8 heteroatoms. The van der Waals surface area contributed by atoms with Gasteiger partial charge < -0.3 is 10.2 Å². The van der Waals surface area contributed by atoms with Crippen molar-refractivity contribution in [3.8, 4) is 0 Å². The van der Waals surface area contributed by atoms with Gasteiger partial charge >= 0.3 is 0 Å². The van der Waals surface area contributed by atoms with E-state index in [0.29, 0.717) is 30.6 Å². The molecule has 1 aliphatic rings. The van der Waals surface area contributed by atoms with Crippen molar-refractivity contribution in [2.75, 3.05) is 31.5 Å². The molecule has 0 atom stereocenters. The Labute approximate surface area is 203 Å². The molecule has 0 radical (unpaired) electrons. The van der Waals surface area contributed by atoms with E-state index in [9.17, 15) is 4.79 Å². The molecule has 0 unspecified atom stereocenters. The first kappa shape index (κ1) is 22.2. The molecule has 1 fully saturated rings. The molecule has 4 aromatic rings. The molecule has 2 aromatic heterocycles. The Morgan fingerprint density at radius 2 is 1.50 bits per heavy atom. The Morgan fingerprint density at radius 3 is 2.12 bits per heavy atom. The van der Waals surface area contributed by atoms with E-state index in [1.165, 1.54) is 22.5 Å². The van der Waals surface area contributed by atoms with E-state index in [1.807, 2.05) is 10.3 Å². The molecule has 2 aromatic carbocycles. The number of thiazole rings is 1. The fourth-order valence-electron chi connectivity index (χ4n) is 4.29. The summed E-state index contributed by atoms with van der Waals surface area (Å²) in [7, 11) is 0. The number of hydrogen-bond acceptors (Lipinski definition) is 7. The van der Waals surface area contributed by atoms with Crippen LogP contribution in [0.1, 0.15) is 22.9 Å². The van der Waals surface area contributed by atoms with Gasteiger partial charge in [0.05, 0.1) is 18.2 Å². The first-order chi connectivity index (χ1) is 16.8. The molecule has 1 aliphatic heterocycles. The largest absolute Gasteiger partial charge is 0.340 e. The quantitative estimate of drug-likeness (QED) is 0.437. The van der Waals surface area contributed by atoms with Crippen LogP contribution in [0.5, 0.6) is 0 Å². The van der Waals surface area contributed by atoms with Crippen molar-refractivity contribution in [2.24, 2.45) is 0 Å². The van der Waals surface area contributed by atoms with Crippen LogP contribution in [0.15, 0.2) is 84.5 Å². The lowest BCUT2D eigenvalue weighted by Crippen LogP contribution is -2.50. The predicted octanol–water partition coefficient (Wildman–Crippen LogP) is 4.15. The Morgan fingerprint density at radius 1 is 0.882 bits per heavy atom. The van der Waals surface area contributed by atoms with Crippen LogP contribution in [0.25, 0.3) is 0 Å². The summed E-state index contributed by atoms with van der Waals surface area (Å²) in [4.78, 5) is 30.2. The number of carbonyl (C=O) groups is 1. The number of hydrogen-bond donors (Lipinski definition) is 1. The molecule has 0 saturated carbocycles. The van der Waals surface area contributed by atoms with Crippen molar-refractivity contribution < 1.29 is 4.79 Å². The Bertz CT molecular complexity index is 1150. The molecular formula is C26H26N6OS. The smallest absolute Gasteiger partial charge is 0.228 e. The summed E-state index contributed by atoms with van der Waals surface area (Å²) in [5, 5.41) is 5.68. The number of aromatic nitrogens is 3. The summed E-state index contributed by atoms with van der Waals surface area (Å²) in [5.74, 6) is 0.612. The molecule has 0 aliphatic carbocycles. The summed E-state index contributed by atoms with van der Waals surface area (Å²) < 4.78 is 0. The molecule has 3 heterocycles. The average molecular weight is 471 g/mol. The Balaban J connectivity index is 1.20. The summed E-state index contributed by atoms with van der Waals surface area (Å²) in [6, 6.07) is 23.1. The minimum absolute atomic E-state index is 0.114. The Hall–Kier alpha value is -3.62. The average Bonchev–Trinajstić information content (AvgIpc) is 3.33. The van der Waals surface area contributed by atoms with Gasteiger partial charge in [-0.1, -0.05) is 60.7 Å². The maximum Gasteiger partial charge on any atom is 0.228 e. The van der Waals surface area contributed by atoms with Gasteiger partial charge in [0.1, 0.15) is 0 Å². The van der Waals surface area contributed by atoms with Gasteiger partial charge in [-0.3, -0.25) is 9.69 Å². The van der Waals surface area contributed by atoms with Gasteiger partial charge in [0.25, 0.3) is 0 Å². The molecule has 0 spiro atoms. The first-order valence-corrected chi connectivity index (χ1v) is 12.2. The second-order valence-electron chi connectivity index (χ2n) is 8.16. The number of amides is 1. The number of anilines is 2. The monoisotopic (exact) mass is 470 g/mol. The van der Waals surface area contributed by atoms with Gasteiger partial charge in [-0.15, -0.1) is 11.3 Å². The van der Waals surface area contributed by atoms with Gasteiger partial charge in [-0.05, 0) is 17.2 Å². The molecule has 7 nitrogen and oxygen atoms in total. The van der Waals surface area contributed by atoms with E-state index < -0.39 is 0 Å². The highest BCUT2D eigenvalue weighted by Gasteiger charge is 2.28. The summed E-state index contributed by atoms with van der Waals surface area (Å²) >= 11 is 1.45. The normalized spacial score (nSPS) is 14.3. The van der Waals surface area contributed by atoms with Crippen LogP contribution in [0.2, 0.25) is 0 Å². The number of rotatable bonds is 7. The maximum absolute atomic E-state index is 13.0. The van der Waals surface area contributed by atoms with Gasteiger partial charge in [-0.25, -0.2) is 15.0 Å². The summed E-state index contributed by atoms with van der Waals surface area (Å²) in [6.07, 6.45) is 3.65. The SMILES string of the molecule is O=C(Cc1csc(Nc2ncccn2)n1)N1CCN(C(c2ccccc2)c2ccccc2)CC1. The zero-order valence-electron chi connectivity index (χ0n) is 18.7. The fraction of sp³-hybridized carbons (Fsp3) is 0.231. The third kappa shape index (κ3) is 5.30. The third-order valence-corrected chi connectivity index (χ3v) is 6.74. The van der Waals surface area contributed by atoms with Crippen LogP contribution < -0.4 is 5.32 Å². The van der Waals surface area contributed by atoms with Gasteiger partial charge in [0, 0.05) is 44.0 Å². The predicted molar refractivity (Wildman–Crippen MR) is 134 cm³/mol. The molecule has 1 N–H and O–H groups in total. The van der Waals surface area contributed by atoms with Crippen LogP contribution >= 0.6 is 11.3 Å². The molecule has 5 rings (SSSR count). The van der Waals surface area contributed by atoms with Crippen molar-refractivity contribution >= 4 is 28.3 Å². The van der Waals surface area contributed by atoms with Crippen LogP contribution in [0, 0.1) is 0 Å². The van der Waals surface area contributed by atoms with E-state index >= 15 is 0 Å². The molecular weight excluding hydrogens is 444 g/mol. The molecule has 0 bridgehead atoms. The minimum Gasteiger partial charge on any atom is -0.340 e. The summed E-state index contributed by atoms with van der Waals surface area (Å²) in [5.41, 5.74) is 3.32. The standard InChI is InChI=1S/C26H26N6OS/c33-23(18-22-19-34-26(29-22)30-25-27-12-7-13-28-25)31-14-16-32(17-15-31)24(20-8-3-1-4-9-20)21-10-5-2-6-11-21/h1-13,19,24H,14-18H2,(H,27,28,29,30). The molecule has 1 amide bonds. The fourth-order valence-corrected chi connectivity index (χ4v) is 4.99. The summed E-state index contributed by atoms with van der Waals surface area (Å²) in [6.45, 7) is 3.08. The number of nitrogens with one attached hydrogen (secondary N) is 1. The van der Waals surface area contributed by atoms with E-state index in [1.54, 1.807) is 18.5 Å². The highest BCUT2D eigenvalue weighted by molar-refractivity contribution is 7.13. The lowest BCUT2D eigenvalue weighted by molar-refractivity contribution is -0.132. The lowest BCUT2D eigenvalue weighted by Gasteiger charge is -2.39. The second-order valence-corrected chi connectivity index (χ2v) is 9.02. The maximum atomic E-state index is 13.0. The highest BCUT2D eigenvalue weighted by atomic mass is 32.1. The van der Waals surface area contributed by atoms with Crippen LogP contribution in [-0.4, -0.2) is 56.8 Å². The highest BCUT2D eigenvalue weighted by Crippen LogP contribution is 2.29. The van der Waals surface area contributed by atoms with Gasteiger partial charge in [0.2, 0.25) is 11.9 Å². The minimum atomic E-state index is 0.114. The van der Waals surface area contributed by atoms with Crippen LogP contribution in [0.4, 0.5) is 11.1 Å². The molecule has 34 heavy (non-hydrogen) atoms. The van der Waals surface area contributed by atoms with Crippen LogP contribution in [0.3, 0.4) is 0 Å². The van der Waals surface area contributed by atoms with Crippen molar-refractivity contribution in [3.63, 3.8) is 0 Å². The topological polar surface area (TPSA) is 74.2 Å². The van der Waals surface area contributed by atoms with Crippen molar-refractivity contribution in [1.82, 2.24) is 24.8 Å². The Kier molecular flexibility index (Phi) is 6.88. The number of carbonyl (C=O) groups excluding carboxylic acids is 1. The van der Waals surface area contributed by atoms with E-state index in [2.05, 4.69) is 85.8 Å². The van der Waals surface area contributed by atoms with Gasteiger partial charge in [-0.2, -0.15) is 0 Å². The van der Waals surface area contributed by atoms with Gasteiger partial charge in [0.15, 0.2) is 5.13 Å². The molecule has 172 valence electrons. The lowest BCUT2D eigenvalue weighted by atomic mass is 9.96. The number of piperazine rings is 1. The van der Waals surface area contributed by atoms with Crippen molar-refractivity contribution in [1.29, 1.82) is 0 Å². The van der Waals surface area contributed by atoms with E-state index in [-0.39, 0.29) is 11.9 Å². The molecule has 1 saturated heterocycles. The van der Waals surface area contributed by atoms with Crippen LogP contribution in [-0.2, 0) is 11.2 Å². The number of benzene rings is 2. The van der Waals surface area contributed by atoms with Crippen molar-refractivity contribution in [2.45, 2.75) is 12.5 Å². The van der Waals surface area contributed by atoms with E-state index in [0.717, 1.165) is 18.8 Å². The second kappa shape index (κ2) is 10.5. The first-order valence-electron chi connectivity index (χ1n) is 11.4. The zero-order chi connectivity index (χ0) is 23.2. The van der Waals surface area contributed by atoms with E-state index in [4.69, 9.17) is 0 Å². The third-order valence-electron chi connectivity index (χ3n) is 5.93. The van der Waals surface area contributed by atoms with Crippen molar-refractivity contribution in [3.05, 3.63) is 101 Å². The number of nitrogens with zero attached hydrogens (tertiary/aromatic N) is 5. The zero-order valence-corrected chi connectivity index (χ0v) is 19.6.